The van der Waals surface area contributed by atoms with Gasteiger partial charge in [0.2, 0.25) is 0 Å². The summed E-state index contributed by atoms with van der Waals surface area (Å²) in [5.41, 5.74) is 0. The number of phosphoric ester groups is 2. The Kier molecular flexibility index (Phi) is 69.6. The van der Waals surface area contributed by atoms with Crippen LogP contribution in [0.25, 0.3) is 0 Å². The summed E-state index contributed by atoms with van der Waals surface area (Å²) < 4.78 is 68.7. The molecule has 2 unspecified atom stereocenters. The number of hydrogen-bond acceptors (Lipinski definition) is 15. The molecule has 0 heterocycles. The van der Waals surface area contributed by atoms with Crippen LogP contribution in [-0.4, -0.2) is 96.7 Å². The molecule has 0 aromatic carbocycles. The highest BCUT2D eigenvalue weighted by Gasteiger charge is 2.30. The molecule has 0 aromatic heterocycles. The molecule has 0 saturated heterocycles. The molecule has 0 fully saturated rings. The predicted octanol–water partition coefficient (Wildman–Crippen LogP) is 24.4. The van der Waals surface area contributed by atoms with Crippen molar-refractivity contribution in [1.29, 1.82) is 0 Å². The summed E-state index contributed by atoms with van der Waals surface area (Å²) in [5.74, 6) is 0.981. The van der Waals surface area contributed by atoms with Gasteiger partial charge < -0.3 is 33.8 Å². The maximum absolute atomic E-state index is 13.1. The van der Waals surface area contributed by atoms with Gasteiger partial charge >= 0.3 is 39.5 Å². The van der Waals surface area contributed by atoms with Crippen molar-refractivity contribution < 1.29 is 80.2 Å². The third-order valence-corrected chi connectivity index (χ3v) is 21.0. The van der Waals surface area contributed by atoms with Gasteiger partial charge in [0.15, 0.2) is 12.2 Å². The molecule has 3 N–H and O–H groups in total. The number of hydrogen-bond donors (Lipinski definition) is 3. The Labute approximate surface area is 619 Å². The van der Waals surface area contributed by atoms with Crippen molar-refractivity contribution in [3.05, 3.63) is 0 Å². The zero-order valence-corrected chi connectivity index (χ0v) is 68.3. The first kappa shape index (κ1) is 99.1. The fourth-order valence-electron chi connectivity index (χ4n) is 12.6. The fraction of sp³-hybridized carbons (Fsp3) is 0.951. The van der Waals surface area contributed by atoms with Gasteiger partial charge in [0, 0.05) is 25.7 Å². The third-order valence-electron chi connectivity index (χ3n) is 19.1. The molecule has 600 valence electrons. The maximum atomic E-state index is 13.1. The zero-order chi connectivity index (χ0) is 74.6. The van der Waals surface area contributed by atoms with E-state index in [1.807, 2.05) is 0 Å². The van der Waals surface area contributed by atoms with Crippen molar-refractivity contribution in [1.82, 2.24) is 0 Å². The molecule has 0 rings (SSSR count). The molecule has 0 amide bonds. The van der Waals surface area contributed by atoms with Crippen LogP contribution in [0.1, 0.15) is 421 Å². The minimum Gasteiger partial charge on any atom is -0.462 e. The van der Waals surface area contributed by atoms with Crippen LogP contribution in [0.2, 0.25) is 0 Å². The average Bonchev–Trinajstić information content (AvgIpc) is 0.918. The highest BCUT2D eigenvalue weighted by Crippen LogP contribution is 2.45. The zero-order valence-electron chi connectivity index (χ0n) is 66.5. The topological polar surface area (TPSA) is 237 Å². The normalized spacial score (nSPS) is 14.0. The molecule has 0 spiro atoms. The summed E-state index contributed by atoms with van der Waals surface area (Å²) >= 11 is 0. The largest absolute Gasteiger partial charge is 0.472 e. The van der Waals surface area contributed by atoms with Crippen LogP contribution in [-0.2, 0) is 65.4 Å². The minimum absolute atomic E-state index is 0.106. The van der Waals surface area contributed by atoms with Crippen molar-refractivity contribution in [3.8, 4) is 0 Å². The number of carbonyl (C=O) groups excluding carboxylic acids is 4. The third kappa shape index (κ3) is 76.1. The smallest absolute Gasteiger partial charge is 0.462 e. The van der Waals surface area contributed by atoms with Gasteiger partial charge in [0.25, 0.3) is 0 Å². The summed E-state index contributed by atoms with van der Waals surface area (Å²) in [4.78, 5) is 73.1. The SMILES string of the molecule is CC(C)CCCCCCCCCCCCCCCCCCCCC(=O)O[C@H](COC(=O)CCCCCCCCCCCCCCC(C)C)COP(=O)(O)OC[C@@H](O)COP(=O)(O)OC[C@@H](COC(=O)CCCCCCCCCCC(C)C)OC(=O)CCCCCCCCCCCCCC(C)C. The van der Waals surface area contributed by atoms with E-state index in [4.69, 9.17) is 37.0 Å². The number of carbonyl (C=O) groups is 4. The highest BCUT2D eigenvalue weighted by atomic mass is 31.2. The fourth-order valence-corrected chi connectivity index (χ4v) is 14.2. The standard InChI is InChI=1S/C82H160O17P2/c1-72(2)58-50-42-34-26-20-15-13-11-9-10-12-14-16-24-30-40-48-56-64-81(86)98-77(68-92-79(84)62-54-46-38-29-23-18-17-21-27-35-43-51-59-73(3)4)70-96-100(88,89)94-66-76(83)67-95-101(90,91)97-71-78(69-93-80(85)63-55-47-39-33-32-37-45-53-61-75(7)8)99-82(87)65-57-49-41-31-25-19-22-28-36-44-52-60-74(5)6/h72-78,83H,9-71H2,1-8H3,(H,88,89)(H,90,91)/t76-,77-,78-/m1/s1. The number of rotatable bonds is 79. The van der Waals surface area contributed by atoms with Crippen LogP contribution in [0.5, 0.6) is 0 Å². The molecule has 17 nitrogen and oxygen atoms in total. The van der Waals surface area contributed by atoms with E-state index in [0.717, 1.165) is 114 Å². The quantitative estimate of drug-likeness (QED) is 0.0222. The van der Waals surface area contributed by atoms with E-state index in [0.29, 0.717) is 25.7 Å². The molecule has 0 aliphatic carbocycles. The Balaban J connectivity index is 5.24. The molecule has 0 aliphatic heterocycles. The first-order valence-electron chi connectivity index (χ1n) is 42.2. The monoisotopic (exact) mass is 1480 g/mol. The number of esters is 4. The first-order chi connectivity index (χ1) is 48.6. The number of ether oxygens (including phenoxy) is 4. The average molecular weight is 1480 g/mol. The molecule has 101 heavy (non-hydrogen) atoms. The predicted molar refractivity (Wildman–Crippen MR) is 414 cm³/mol. The summed E-state index contributed by atoms with van der Waals surface area (Å²) in [6.07, 6.45) is 58.3. The van der Waals surface area contributed by atoms with Crippen LogP contribution in [0.15, 0.2) is 0 Å². The Morgan fingerprint density at radius 3 is 0.614 bits per heavy atom. The van der Waals surface area contributed by atoms with Gasteiger partial charge in [0.1, 0.15) is 19.3 Å². The molecule has 19 heteroatoms. The molecular weight excluding hydrogens is 1320 g/mol. The van der Waals surface area contributed by atoms with Gasteiger partial charge in [-0.1, -0.05) is 370 Å². The van der Waals surface area contributed by atoms with Gasteiger partial charge in [-0.05, 0) is 49.4 Å². The lowest BCUT2D eigenvalue weighted by Gasteiger charge is -2.21. The minimum atomic E-state index is -4.96. The van der Waals surface area contributed by atoms with Crippen molar-refractivity contribution in [3.63, 3.8) is 0 Å². The molecule has 0 bridgehead atoms. The van der Waals surface area contributed by atoms with Crippen molar-refractivity contribution >= 4 is 39.5 Å². The molecule has 0 saturated carbocycles. The Morgan fingerprint density at radius 1 is 0.248 bits per heavy atom. The van der Waals surface area contributed by atoms with Crippen LogP contribution in [0.3, 0.4) is 0 Å². The Bertz CT molecular complexity index is 1970. The van der Waals surface area contributed by atoms with E-state index in [1.165, 1.54) is 225 Å². The second kappa shape index (κ2) is 71.0. The van der Waals surface area contributed by atoms with Crippen molar-refractivity contribution in [2.45, 2.75) is 440 Å². The molecule has 0 aromatic rings. The number of aliphatic hydroxyl groups excluding tert-OH is 1. The lowest BCUT2D eigenvalue weighted by molar-refractivity contribution is -0.161. The molecule has 0 aliphatic rings. The van der Waals surface area contributed by atoms with E-state index < -0.39 is 97.5 Å². The summed E-state index contributed by atoms with van der Waals surface area (Å²) in [7, 11) is -9.92. The van der Waals surface area contributed by atoms with Crippen LogP contribution in [0, 0.1) is 23.7 Å². The summed E-state index contributed by atoms with van der Waals surface area (Å²) in [6.45, 7) is 14.3. The van der Waals surface area contributed by atoms with Crippen molar-refractivity contribution in [2.24, 2.45) is 23.7 Å². The van der Waals surface area contributed by atoms with E-state index in [2.05, 4.69) is 55.4 Å². The second-order valence-electron chi connectivity index (χ2n) is 31.4. The van der Waals surface area contributed by atoms with E-state index in [9.17, 15) is 43.2 Å². The van der Waals surface area contributed by atoms with Crippen LogP contribution < -0.4 is 0 Å². The van der Waals surface area contributed by atoms with Gasteiger partial charge in [-0.25, -0.2) is 9.13 Å². The summed E-state index contributed by atoms with van der Waals surface area (Å²) in [6, 6.07) is 0. The van der Waals surface area contributed by atoms with E-state index in [1.54, 1.807) is 0 Å². The Morgan fingerprint density at radius 2 is 0.416 bits per heavy atom. The Hall–Kier alpha value is -1.94. The molecule has 0 radical (unpaired) electrons. The molecular formula is C82H160O17P2. The van der Waals surface area contributed by atoms with Gasteiger partial charge in [-0.3, -0.25) is 37.3 Å². The number of aliphatic hydroxyl groups is 1. The van der Waals surface area contributed by atoms with Gasteiger partial charge in [-0.15, -0.1) is 0 Å². The lowest BCUT2D eigenvalue weighted by atomic mass is 10.0. The second-order valence-corrected chi connectivity index (χ2v) is 34.3. The van der Waals surface area contributed by atoms with Crippen LogP contribution >= 0.6 is 15.6 Å². The number of phosphoric acid groups is 2. The van der Waals surface area contributed by atoms with Gasteiger partial charge in [-0.2, -0.15) is 0 Å². The van der Waals surface area contributed by atoms with Crippen LogP contribution in [0.4, 0.5) is 0 Å². The number of unbranched alkanes of at least 4 members (excludes halogenated alkanes) is 45. The van der Waals surface area contributed by atoms with Crippen molar-refractivity contribution in [2.75, 3.05) is 39.6 Å². The summed E-state index contributed by atoms with van der Waals surface area (Å²) in [5, 5.41) is 10.6. The van der Waals surface area contributed by atoms with E-state index >= 15 is 0 Å². The highest BCUT2D eigenvalue weighted by molar-refractivity contribution is 7.47. The molecule has 5 atom stereocenters. The van der Waals surface area contributed by atoms with Gasteiger partial charge in [0.05, 0.1) is 26.4 Å². The maximum Gasteiger partial charge on any atom is 0.472 e. The van der Waals surface area contributed by atoms with E-state index in [-0.39, 0.29) is 25.7 Å². The first-order valence-corrected chi connectivity index (χ1v) is 45.2. The lowest BCUT2D eigenvalue weighted by Crippen LogP contribution is -2.30.